The number of benzene rings is 1. The Bertz CT molecular complexity index is 678. The van der Waals surface area contributed by atoms with Crippen molar-refractivity contribution in [2.75, 3.05) is 11.9 Å². The highest BCUT2D eigenvalue weighted by Gasteiger charge is 2.19. The fourth-order valence-electron chi connectivity index (χ4n) is 2.33. The molecule has 1 N–H and O–H groups in total. The molecule has 0 radical (unpaired) electrons. The Hall–Kier alpha value is -1.33. The normalized spacial score (nSPS) is 13.3. The third-order valence-corrected chi connectivity index (χ3v) is 4.65. The number of aromatic nitrogens is 2. The van der Waals surface area contributed by atoms with E-state index >= 15 is 0 Å². The Kier molecular flexibility index (Phi) is 4.31. The minimum atomic E-state index is -0.330. The molecule has 0 saturated heterocycles. The number of fused-ring (bicyclic) bond motifs is 1. The predicted octanol–water partition coefficient (Wildman–Crippen LogP) is 4.04. The van der Waals surface area contributed by atoms with Crippen molar-refractivity contribution in [1.29, 1.82) is 0 Å². The zero-order chi connectivity index (χ0) is 14.8. The number of halogens is 2. The van der Waals surface area contributed by atoms with E-state index in [-0.39, 0.29) is 5.82 Å². The Balaban J connectivity index is 1.93. The number of nitrogens with zero attached hydrogens (tertiary/aromatic N) is 2. The summed E-state index contributed by atoms with van der Waals surface area (Å²) in [5.74, 6) is 3.18. The smallest absolute Gasteiger partial charge is 0.135 e. The molecule has 0 aliphatic carbocycles. The molecule has 1 aliphatic heterocycles. The molecule has 1 aromatic heterocycles. The van der Waals surface area contributed by atoms with Crippen molar-refractivity contribution in [3.8, 4) is 0 Å². The molecule has 3 rings (SSSR count). The van der Waals surface area contributed by atoms with E-state index in [4.69, 9.17) is 11.6 Å². The summed E-state index contributed by atoms with van der Waals surface area (Å²) < 4.78 is 13.1. The van der Waals surface area contributed by atoms with Crippen LogP contribution >= 0.6 is 23.4 Å². The molecule has 2 heterocycles. The molecule has 21 heavy (non-hydrogen) atoms. The van der Waals surface area contributed by atoms with Crippen molar-refractivity contribution in [3.05, 3.63) is 51.7 Å². The van der Waals surface area contributed by atoms with Gasteiger partial charge in [-0.3, -0.25) is 0 Å². The summed E-state index contributed by atoms with van der Waals surface area (Å²) in [7, 11) is 0. The van der Waals surface area contributed by atoms with Crippen LogP contribution in [0.15, 0.2) is 18.2 Å². The van der Waals surface area contributed by atoms with E-state index in [0.717, 1.165) is 41.0 Å². The van der Waals surface area contributed by atoms with E-state index < -0.39 is 0 Å². The highest BCUT2D eigenvalue weighted by atomic mass is 35.5. The van der Waals surface area contributed by atoms with Crippen LogP contribution in [0.3, 0.4) is 0 Å². The molecule has 0 unspecified atom stereocenters. The number of nitrogens with one attached hydrogen (secondary N) is 1. The lowest BCUT2D eigenvalue weighted by atomic mass is 10.1. The van der Waals surface area contributed by atoms with E-state index in [1.54, 1.807) is 6.07 Å². The average molecular weight is 324 g/mol. The maximum absolute atomic E-state index is 13.1. The van der Waals surface area contributed by atoms with Gasteiger partial charge in [0.1, 0.15) is 17.5 Å². The second-order valence-electron chi connectivity index (χ2n) is 4.85. The first-order valence-corrected chi connectivity index (χ1v) is 8.35. The molecule has 2 aromatic rings. The van der Waals surface area contributed by atoms with Gasteiger partial charge in [-0.2, -0.15) is 11.8 Å². The monoisotopic (exact) mass is 323 g/mol. The van der Waals surface area contributed by atoms with Crippen LogP contribution in [0.4, 0.5) is 10.2 Å². The molecule has 0 bridgehead atoms. The molecule has 0 fully saturated rings. The van der Waals surface area contributed by atoms with Gasteiger partial charge in [0.2, 0.25) is 0 Å². The van der Waals surface area contributed by atoms with Gasteiger partial charge in [-0.25, -0.2) is 14.4 Å². The van der Waals surface area contributed by atoms with Crippen LogP contribution in [-0.4, -0.2) is 16.5 Å². The minimum absolute atomic E-state index is 0.330. The average Bonchev–Trinajstić information content (AvgIpc) is 2.91. The fraction of sp³-hybridized carbons (Fsp3) is 0.333. The Labute approximate surface area is 132 Å². The lowest BCUT2D eigenvalue weighted by Crippen LogP contribution is -2.09. The lowest BCUT2D eigenvalue weighted by Gasteiger charge is -2.11. The standard InChI is InChI=1S/C15H15ClFN3S/c1-2-18-15-11-7-21-8-13(11)19-14(20-15)5-9-3-4-10(17)6-12(9)16/h3-4,6H,2,5,7-8H2,1H3,(H,18,19,20). The second-order valence-corrected chi connectivity index (χ2v) is 6.24. The maximum atomic E-state index is 13.1. The summed E-state index contributed by atoms with van der Waals surface area (Å²) in [5.41, 5.74) is 3.14. The SMILES string of the molecule is CCNc1nc(Cc2ccc(F)cc2Cl)nc2c1CSC2. The van der Waals surface area contributed by atoms with Crippen molar-refractivity contribution in [2.45, 2.75) is 24.9 Å². The first-order valence-electron chi connectivity index (χ1n) is 6.81. The van der Waals surface area contributed by atoms with Gasteiger partial charge < -0.3 is 5.32 Å². The number of rotatable bonds is 4. The van der Waals surface area contributed by atoms with Crippen molar-refractivity contribution in [1.82, 2.24) is 9.97 Å². The summed E-state index contributed by atoms with van der Waals surface area (Å²) in [6.07, 6.45) is 0.509. The molecular weight excluding hydrogens is 309 g/mol. The Morgan fingerprint density at radius 3 is 2.95 bits per heavy atom. The van der Waals surface area contributed by atoms with Crippen LogP contribution in [0.2, 0.25) is 5.02 Å². The molecule has 1 aromatic carbocycles. The van der Waals surface area contributed by atoms with Crippen LogP contribution in [0.5, 0.6) is 0 Å². The highest BCUT2D eigenvalue weighted by Crippen LogP contribution is 2.33. The molecule has 0 amide bonds. The van der Waals surface area contributed by atoms with Gasteiger partial charge in [0, 0.05) is 35.1 Å². The topological polar surface area (TPSA) is 37.8 Å². The minimum Gasteiger partial charge on any atom is -0.370 e. The largest absolute Gasteiger partial charge is 0.370 e. The van der Waals surface area contributed by atoms with E-state index in [9.17, 15) is 4.39 Å². The van der Waals surface area contributed by atoms with E-state index in [1.165, 1.54) is 17.7 Å². The van der Waals surface area contributed by atoms with Crippen molar-refractivity contribution < 1.29 is 4.39 Å². The molecule has 1 aliphatic rings. The summed E-state index contributed by atoms with van der Waals surface area (Å²) >= 11 is 7.93. The summed E-state index contributed by atoms with van der Waals surface area (Å²) in [6.45, 7) is 2.87. The van der Waals surface area contributed by atoms with Gasteiger partial charge in [-0.15, -0.1) is 0 Å². The van der Waals surface area contributed by atoms with Gasteiger partial charge in [0.05, 0.1) is 5.69 Å². The van der Waals surface area contributed by atoms with E-state index in [0.29, 0.717) is 11.4 Å². The Morgan fingerprint density at radius 2 is 2.19 bits per heavy atom. The van der Waals surface area contributed by atoms with Crippen molar-refractivity contribution in [3.63, 3.8) is 0 Å². The number of anilines is 1. The van der Waals surface area contributed by atoms with Crippen LogP contribution in [0.1, 0.15) is 29.6 Å². The molecule has 0 spiro atoms. The molecular formula is C15H15ClFN3S. The molecule has 110 valence electrons. The second kappa shape index (κ2) is 6.20. The molecule has 3 nitrogen and oxygen atoms in total. The van der Waals surface area contributed by atoms with Crippen LogP contribution < -0.4 is 5.32 Å². The third kappa shape index (κ3) is 3.14. The Morgan fingerprint density at radius 1 is 1.33 bits per heavy atom. The molecule has 6 heteroatoms. The quantitative estimate of drug-likeness (QED) is 0.921. The number of thioether (sulfide) groups is 1. The number of hydrogen-bond acceptors (Lipinski definition) is 4. The molecule has 0 atom stereocenters. The lowest BCUT2D eigenvalue weighted by molar-refractivity contribution is 0.627. The number of hydrogen-bond donors (Lipinski definition) is 1. The van der Waals surface area contributed by atoms with E-state index in [1.807, 2.05) is 18.7 Å². The fourth-order valence-corrected chi connectivity index (χ4v) is 3.61. The first kappa shape index (κ1) is 14.6. The van der Waals surface area contributed by atoms with Gasteiger partial charge in [0.15, 0.2) is 0 Å². The first-order chi connectivity index (χ1) is 10.2. The van der Waals surface area contributed by atoms with Crippen LogP contribution in [0.25, 0.3) is 0 Å². The van der Waals surface area contributed by atoms with Crippen molar-refractivity contribution >= 4 is 29.2 Å². The van der Waals surface area contributed by atoms with Gasteiger partial charge >= 0.3 is 0 Å². The van der Waals surface area contributed by atoms with Crippen LogP contribution in [0, 0.1) is 5.82 Å². The van der Waals surface area contributed by atoms with Gasteiger partial charge in [-0.1, -0.05) is 17.7 Å². The van der Waals surface area contributed by atoms with E-state index in [2.05, 4.69) is 15.3 Å². The summed E-state index contributed by atoms with van der Waals surface area (Å²) in [6, 6.07) is 4.43. The maximum Gasteiger partial charge on any atom is 0.135 e. The third-order valence-electron chi connectivity index (χ3n) is 3.33. The van der Waals surface area contributed by atoms with Gasteiger partial charge in [0.25, 0.3) is 0 Å². The predicted molar refractivity (Wildman–Crippen MR) is 85.4 cm³/mol. The van der Waals surface area contributed by atoms with Gasteiger partial charge in [-0.05, 0) is 24.6 Å². The zero-order valence-electron chi connectivity index (χ0n) is 11.6. The van der Waals surface area contributed by atoms with Crippen LogP contribution in [-0.2, 0) is 17.9 Å². The molecule has 0 saturated carbocycles. The summed E-state index contributed by atoms with van der Waals surface area (Å²) in [4.78, 5) is 9.24. The highest BCUT2D eigenvalue weighted by molar-refractivity contribution is 7.98. The summed E-state index contributed by atoms with van der Waals surface area (Å²) in [5, 5.41) is 3.72. The zero-order valence-corrected chi connectivity index (χ0v) is 13.2. The van der Waals surface area contributed by atoms with Crippen molar-refractivity contribution in [2.24, 2.45) is 0 Å².